The molecule has 0 fully saturated rings. The normalized spacial score (nSPS) is 12.4. The van der Waals surface area contributed by atoms with Crippen molar-refractivity contribution >= 4 is 0 Å². The predicted octanol–water partition coefficient (Wildman–Crippen LogP) is 3.05. The van der Waals surface area contributed by atoms with Gasteiger partial charge in [0.25, 0.3) is 0 Å². The smallest absolute Gasteiger partial charge is 0.0502 e. The van der Waals surface area contributed by atoms with Gasteiger partial charge in [-0.15, -0.1) is 0 Å². The van der Waals surface area contributed by atoms with Gasteiger partial charge in [-0.1, -0.05) is 54.1 Å². The summed E-state index contributed by atoms with van der Waals surface area (Å²) in [6, 6.07) is 17.1. The number of hydrazine groups is 1. The van der Waals surface area contributed by atoms with E-state index < -0.39 is 0 Å². The van der Waals surface area contributed by atoms with Crippen molar-refractivity contribution in [3.05, 3.63) is 70.8 Å². The molecule has 0 amide bonds. The number of aryl methyl sites for hydroxylation is 2. The lowest BCUT2D eigenvalue weighted by Crippen LogP contribution is -2.30. The average Bonchev–Trinajstić information content (AvgIpc) is 2.39. The van der Waals surface area contributed by atoms with E-state index in [4.69, 9.17) is 5.84 Å². The van der Waals surface area contributed by atoms with Crippen LogP contribution in [0.1, 0.15) is 28.3 Å². The topological polar surface area (TPSA) is 38.0 Å². The molecular weight excluding hydrogens is 220 g/mol. The Bertz CT molecular complexity index is 503. The fourth-order valence-corrected chi connectivity index (χ4v) is 2.20. The van der Waals surface area contributed by atoms with Crippen LogP contribution in [-0.4, -0.2) is 0 Å². The van der Waals surface area contributed by atoms with Gasteiger partial charge >= 0.3 is 0 Å². The maximum absolute atomic E-state index is 5.70. The van der Waals surface area contributed by atoms with E-state index in [-0.39, 0.29) is 6.04 Å². The van der Waals surface area contributed by atoms with Gasteiger partial charge in [0.15, 0.2) is 0 Å². The standard InChI is InChI=1S/C16H20N2/c1-12-7-9-14(10-8-12)11-16(18-17)15-6-4-3-5-13(15)2/h3-10,16,18H,11,17H2,1-2H3. The molecule has 2 aromatic carbocycles. The van der Waals surface area contributed by atoms with E-state index in [1.165, 1.54) is 22.3 Å². The van der Waals surface area contributed by atoms with Crippen molar-refractivity contribution in [1.29, 1.82) is 0 Å². The molecular formula is C16H20N2. The zero-order valence-corrected chi connectivity index (χ0v) is 11.0. The van der Waals surface area contributed by atoms with E-state index in [0.717, 1.165) is 6.42 Å². The number of rotatable bonds is 4. The third-order valence-electron chi connectivity index (χ3n) is 3.33. The van der Waals surface area contributed by atoms with Crippen LogP contribution in [0.25, 0.3) is 0 Å². The summed E-state index contributed by atoms with van der Waals surface area (Å²) in [5.41, 5.74) is 8.04. The van der Waals surface area contributed by atoms with Crippen LogP contribution in [0.4, 0.5) is 0 Å². The van der Waals surface area contributed by atoms with E-state index in [1.54, 1.807) is 0 Å². The van der Waals surface area contributed by atoms with Gasteiger partial charge < -0.3 is 0 Å². The van der Waals surface area contributed by atoms with Crippen molar-refractivity contribution in [2.75, 3.05) is 0 Å². The maximum Gasteiger partial charge on any atom is 0.0502 e. The molecule has 94 valence electrons. The lowest BCUT2D eigenvalue weighted by Gasteiger charge is -2.18. The monoisotopic (exact) mass is 240 g/mol. The summed E-state index contributed by atoms with van der Waals surface area (Å²) >= 11 is 0. The molecule has 2 heteroatoms. The minimum absolute atomic E-state index is 0.161. The second-order valence-electron chi connectivity index (χ2n) is 4.77. The Balaban J connectivity index is 2.20. The highest BCUT2D eigenvalue weighted by molar-refractivity contribution is 5.31. The molecule has 1 atom stereocenters. The molecule has 18 heavy (non-hydrogen) atoms. The molecule has 0 aliphatic rings. The number of nitrogens with two attached hydrogens (primary N) is 1. The summed E-state index contributed by atoms with van der Waals surface area (Å²) < 4.78 is 0. The third-order valence-corrected chi connectivity index (χ3v) is 3.33. The van der Waals surface area contributed by atoms with Crippen LogP contribution in [-0.2, 0) is 6.42 Å². The molecule has 0 aliphatic carbocycles. The van der Waals surface area contributed by atoms with Crippen LogP contribution in [0.3, 0.4) is 0 Å². The Hall–Kier alpha value is -1.64. The summed E-state index contributed by atoms with van der Waals surface area (Å²) in [4.78, 5) is 0. The van der Waals surface area contributed by atoms with Gasteiger partial charge in [0.2, 0.25) is 0 Å². The Morgan fingerprint density at radius 1 is 1.00 bits per heavy atom. The minimum atomic E-state index is 0.161. The van der Waals surface area contributed by atoms with Gasteiger partial charge in [-0.3, -0.25) is 11.3 Å². The van der Waals surface area contributed by atoms with E-state index in [1.807, 2.05) is 0 Å². The molecule has 0 aliphatic heterocycles. The number of nitrogens with one attached hydrogen (secondary N) is 1. The van der Waals surface area contributed by atoms with Gasteiger partial charge in [0.1, 0.15) is 0 Å². The Morgan fingerprint density at radius 2 is 1.67 bits per heavy atom. The first-order chi connectivity index (χ1) is 8.70. The van der Waals surface area contributed by atoms with E-state index >= 15 is 0 Å². The Morgan fingerprint density at radius 3 is 2.28 bits per heavy atom. The van der Waals surface area contributed by atoms with Gasteiger partial charge in [0.05, 0.1) is 6.04 Å². The van der Waals surface area contributed by atoms with Crippen molar-refractivity contribution in [3.8, 4) is 0 Å². The number of hydrogen-bond donors (Lipinski definition) is 2. The average molecular weight is 240 g/mol. The third kappa shape index (κ3) is 2.97. The summed E-state index contributed by atoms with van der Waals surface area (Å²) in [5.74, 6) is 5.70. The SMILES string of the molecule is Cc1ccc(CC(NN)c2ccccc2C)cc1. The summed E-state index contributed by atoms with van der Waals surface area (Å²) in [6.45, 7) is 4.22. The van der Waals surface area contributed by atoms with Crippen LogP contribution in [0.2, 0.25) is 0 Å². The lowest BCUT2D eigenvalue weighted by molar-refractivity contribution is 0.549. The van der Waals surface area contributed by atoms with Gasteiger partial charge in [-0.25, -0.2) is 0 Å². The van der Waals surface area contributed by atoms with Crippen molar-refractivity contribution in [3.63, 3.8) is 0 Å². The second-order valence-corrected chi connectivity index (χ2v) is 4.77. The first-order valence-corrected chi connectivity index (χ1v) is 6.28. The highest BCUT2D eigenvalue weighted by Gasteiger charge is 2.12. The van der Waals surface area contributed by atoms with Crippen LogP contribution in [0, 0.1) is 13.8 Å². The van der Waals surface area contributed by atoms with Crippen LogP contribution in [0.5, 0.6) is 0 Å². The van der Waals surface area contributed by atoms with Crippen molar-refractivity contribution in [1.82, 2.24) is 5.43 Å². The molecule has 2 nitrogen and oxygen atoms in total. The lowest BCUT2D eigenvalue weighted by atomic mass is 9.95. The Kier molecular flexibility index (Phi) is 4.13. The molecule has 0 aromatic heterocycles. The molecule has 2 rings (SSSR count). The van der Waals surface area contributed by atoms with Gasteiger partial charge in [-0.2, -0.15) is 0 Å². The molecule has 0 saturated heterocycles. The highest BCUT2D eigenvalue weighted by Crippen LogP contribution is 2.21. The second kappa shape index (κ2) is 5.80. The van der Waals surface area contributed by atoms with Gasteiger partial charge in [0, 0.05) is 0 Å². The minimum Gasteiger partial charge on any atom is -0.271 e. The Labute approximate surface area is 109 Å². The van der Waals surface area contributed by atoms with Crippen molar-refractivity contribution < 1.29 is 0 Å². The number of hydrogen-bond acceptors (Lipinski definition) is 2. The largest absolute Gasteiger partial charge is 0.271 e. The van der Waals surface area contributed by atoms with Crippen LogP contribution in [0.15, 0.2) is 48.5 Å². The molecule has 2 aromatic rings. The van der Waals surface area contributed by atoms with Crippen LogP contribution >= 0.6 is 0 Å². The first-order valence-electron chi connectivity index (χ1n) is 6.28. The molecule has 0 saturated carbocycles. The zero-order chi connectivity index (χ0) is 13.0. The maximum atomic E-state index is 5.70. The molecule has 0 spiro atoms. The molecule has 0 heterocycles. The predicted molar refractivity (Wildman–Crippen MR) is 76.1 cm³/mol. The molecule has 0 bridgehead atoms. The zero-order valence-electron chi connectivity index (χ0n) is 11.0. The van der Waals surface area contributed by atoms with Gasteiger partial charge in [-0.05, 0) is 37.0 Å². The molecule has 0 radical (unpaired) electrons. The summed E-state index contributed by atoms with van der Waals surface area (Å²) in [5, 5.41) is 0. The quantitative estimate of drug-likeness (QED) is 0.636. The number of benzene rings is 2. The molecule has 1 unspecified atom stereocenters. The van der Waals surface area contributed by atoms with Crippen molar-refractivity contribution in [2.45, 2.75) is 26.3 Å². The van der Waals surface area contributed by atoms with E-state index in [2.05, 4.69) is 67.8 Å². The van der Waals surface area contributed by atoms with Crippen LogP contribution < -0.4 is 11.3 Å². The first kappa shape index (κ1) is 12.8. The highest BCUT2D eigenvalue weighted by atomic mass is 15.2. The van der Waals surface area contributed by atoms with E-state index in [9.17, 15) is 0 Å². The fraction of sp³-hybridized carbons (Fsp3) is 0.250. The van der Waals surface area contributed by atoms with Crippen molar-refractivity contribution in [2.24, 2.45) is 5.84 Å². The fourth-order valence-electron chi connectivity index (χ4n) is 2.20. The summed E-state index contributed by atoms with van der Waals surface area (Å²) in [7, 11) is 0. The molecule has 3 N–H and O–H groups in total. The summed E-state index contributed by atoms with van der Waals surface area (Å²) in [6.07, 6.45) is 0.904. The van der Waals surface area contributed by atoms with E-state index in [0.29, 0.717) is 0 Å².